The summed E-state index contributed by atoms with van der Waals surface area (Å²) in [5.41, 5.74) is 1.25. The molecule has 2 N–H and O–H groups in total. The van der Waals surface area contributed by atoms with Gasteiger partial charge < -0.3 is 19.7 Å². The molecule has 0 spiro atoms. The smallest absolute Gasteiger partial charge is 0.337 e. The molecule has 24 heavy (non-hydrogen) atoms. The fourth-order valence-corrected chi connectivity index (χ4v) is 2.30. The fourth-order valence-electron chi connectivity index (χ4n) is 2.30. The van der Waals surface area contributed by atoms with Crippen molar-refractivity contribution in [1.82, 2.24) is 0 Å². The van der Waals surface area contributed by atoms with Gasteiger partial charge in [-0.05, 0) is 35.4 Å². The van der Waals surface area contributed by atoms with Gasteiger partial charge in [0.2, 0.25) is 0 Å². The van der Waals surface area contributed by atoms with Crippen molar-refractivity contribution in [1.29, 1.82) is 0 Å². The molecule has 0 aliphatic heterocycles. The van der Waals surface area contributed by atoms with Crippen LogP contribution in [0, 0.1) is 0 Å². The zero-order valence-electron chi connectivity index (χ0n) is 13.3. The average Bonchev–Trinajstić information content (AvgIpc) is 2.65. The van der Waals surface area contributed by atoms with Gasteiger partial charge in [-0.25, -0.2) is 9.59 Å². The quantitative estimate of drug-likeness (QED) is 0.815. The van der Waals surface area contributed by atoms with Crippen LogP contribution in [0.1, 0.15) is 44.1 Å². The third-order valence-electron chi connectivity index (χ3n) is 3.60. The molecule has 2 unspecified atom stereocenters. The summed E-state index contributed by atoms with van der Waals surface area (Å²) >= 11 is 0. The predicted molar refractivity (Wildman–Crippen MR) is 85.5 cm³/mol. The molecular weight excluding hydrogens is 312 g/mol. The van der Waals surface area contributed by atoms with Gasteiger partial charge >= 0.3 is 11.9 Å². The Morgan fingerprint density at radius 3 is 1.50 bits per heavy atom. The molecule has 6 nitrogen and oxygen atoms in total. The lowest BCUT2D eigenvalue weighted by Gasteiger charge is -2.19. The fraction of sp³-hybridized carbons (Fsp3) is 0.222. The molecule has 0 fully saturated rings. The van der Waals surface area contributed by atoms with E-state index in [0.717, 1.165) is 0 Å². The van der Waals surface area contributed by atoms with E-state index in [-0.39, 0.29) is 11.1 Å². The number of aliphatic hydroxyl groups is 2. The molecule has 2 aromatic rings. The first-order valence-electron chi connectivity index (χ1n) is 7.20. The summed E-state index contributed by atoms with van der Waals surface area (Å²) in [5, 5.41) is 20.8. The van der Waals surface area contributed by atoms with E-state index in [9.17, 15) is 19.8 Å². The maximum atomic E-state index is 11.6. The highest BCUT2D eigenvalue weighted by Gasteiger charge is 2.22. The van der Waals surface area contributed by atoms with Crippen LogP contribution in [0.5, 0.6) is 0 Å². The summed E-state index contributed by atoms with van der Waals surface area (Å²) in [5.74, 6) is -1.07. The van der Waals surface area contributed by atoms with Crippen molar-refractivity contribution in [3.05, 3.63) is 70.8 Å². The second-order valence-corrected chi connectivity index (χ2v) is 5.12. The van der Waals surface area contributed by atoms with Crippen molar-refractivity contribution in [3.63, 3.8) is 0 Å². The zero-order valence-corrected chi connectivity index (χ0v) is 13.3. The molecule has 2 aromatic carbocycles. The van der Waals surface area contributed by atoms with Crippen molar-refractivity contribution < 1.29 is 29.3 Å². The van der Waals surface area contributed by atoms with Gasteiger partial charge in [0.25, 0.3) is 0 Å². The Hall–Kier alpha value is -2.70. The molecule has 2 rings (SSSR count). The highest BCUT2D eigenvalue weighted by atomic mass is 16.5. The molecule has 0 bridgehead atoms. The lowest BCUT2D eigenvalue weighted by molar-refractivity contribution is 0.0170. The molecule has 0 amide bonds. The molecule has 0 aliphatic rings. The van der Waals surface area contributed by atoms with Crippen LogP contribution in [-0.4, -0.2) is 36.4 Å². The Kier molecular flexibility index (Phi) is 5.68. The van der Waals surface area contributed by atoms with Gasteiger partial charge in [-0.15, -0.1) is 0 Å². The molecule has 0 heterocycles. The Bertz CT molecular complexity index is 676. The highest BCUT2D eigenvalue weighted by molar-refractivity contribution is 5.90. The summed E-state index contributed by atoms with van der Waals surface area (Å²) in [7, 11) is 2.52. The SMILES string of the molecule is COC(=O)c1cccc(C(O)C(O)c2cccc(C(=O)OC)c2)c1. The number of methoxy groups -OCH3 is 2. The zero-order chi connectivity index (χ0) is 17.7. The minimum Gasteiger partial charge on any atom is -0.465 e. The number of hydrogen-bond acceptors (Lipinski definition) is 6. The molecule has 0 aromatic heterocycles. The monoisotopic (exact) mass is 330 g/mol. The van der Waals surface area contributed by atoms with E-state index >= 15 is 0 Å². The lowest BCUT2D eigenvalue weighted by atomic mass is 9.96. The van der Waals surface area contributed by atoms with Crippen molar-refractivity contribution in [3.8, 4) is 0 Å². The summed E-state index contributed by atoms with van der Waals surface area (Å²) in [6, 6.07) is 12.3. The van der Waals surface area contributed by atoms with Gasteiger partial charge in [-0.3, -0.25) is 0 Å². The molecule has 0 saturated heterocycles. The Morgan fingerprint density at radius 2 is 1.17 bits per heavy atom. The van der Waals surface area contributed by atoms with Gasteiger partial charge in [0.05, 0.1) is 25.3 Å². The maximum absolute atomic E-state index is 11.6. The standard InChI is InChI=1S/C18H18O6/c1-23-17(21)13-7-3-5-11(9-13)15(19)16(20)12-6-4-8-14(10-12)18(22)24-2/h3-10,15-16,19-20H,1-2H3. The van der Waals surface area contributed by atoms with Crippen LogP contribution < -0.4 is 0 Å². The van der Waals surface area contributed by atoms with Crippen molar-refractivity contribution >= 4 is 11.9 Å². The van der Waals surface area contributed by atoms with Crippen molar-refractivity contribution in [2.75, 3.05) is 14.2 Å². The Labute approximate surface area is 139 Å². The average molecular weight is 330 g/mol. The van der Waals surface area contributed by atoms with Crippen molar-refractivity contribution in [2.24, 2.45) is 0 Å². The molecule has 6 heteroatoms. The second kappa shape index (κ2) is 7.72. The number of ether oxygens (including phenoxy) is 2. The third kappa shape index (κ3) is 3.79. The minimum absolute atomic E-state index is 0.268. The van der Waals surface area contributed by atoms with Crippen LogP contribution >= 0.6 is 0 Å². The van der Waals surface area contributed by atoms with Gasteiger partial charge in [-0.1, -0.05) is 24.3 Å². The van der Waals surface area contributed by atoms with Crippen molar-refractivity contribution in [2.45, 2.75) is 12.2 Å². The van der Waals surface area contributed by atoms with Crippen LogP contribution in [0.15, 0.2) is 48.5 Å². The highest BCUT2D eigenvalue weighted by Crippen LogP contribution is 2.29. The number of esters is 2. The van der Waals surface area contributed by atoms with E-state index in [1.54, 1.807) is 36.4 Å². The van der Waals surface area contributed by atoms with Crippen LogP contribution in [0.4, 0.5) is 0 Å². The summed E-state index contributed by atoms with van der Waals surface area (Å²) < 4.78 is 9.27. The van der Waals surface area contributed by atoms with E-state index < -0.39 is 24.1 Å². The molecular formula is C18H18O6. The van der Waals surface area contributed by atoms with E-state index in [1.807, 2.05) is 0 Å². The lowest BCUT2D eigenvalue weighted by Crippen LogP contribution is -2.12. The Balaban J connectivity index is 2.28. The first-order chi connectivity index (χ1) is 11.5. The Morgan fingerprint density at radius 1 is 0.792 bits per heavy atom. The first-order valence-corrected chi connectivity index (χ1v) is 7.20. The summed E-state index contributed by atoms with van der Waals surface area (Å²) in [4.78, 5) is 23.1. The normalized spacial score (nSPS) is 13.0. The maximum Gasteiger partial charge on any atom is 0.337 e. The number of carbonyl (C=O) groups excluding carboxylic acids is 2. The largest absolute Gasteiger partial charge is 0.465 e. The number of rotatable bonds is 5. The number of benzene rings is 2. The topological polar surface area (TPSA) is 93.1 Å². The van der Waals surface area contributed by atoms with E-state index in [0.29, 0.717) is 11.1 Å². The summed E-state index contributed by atoms with van der Waals surface area (Å²) in [6.45, 7) is 0. The van der Waals surface area contributed by atoms with Crippen LogP contribution in [0.3, 0.4) is 0 Å². The third-order valence-corrected chi connectivity index (χ3v) is 3.60. The van der Waals surface area contributed by atoms with Gasteiger partial charge in [0, 0.05) is 0 Å². The van der Waals surface area contributed by atoms with Gasteiger partial charge in [0.1, 0.15) is 12.2 Å². The molecule has 0 aliphatic carbocycles. The van der Waals surface area contributed by atoms with Crippen LogP contribution in [0.25, 0.3) is 0 Å². The van der Waals surface area contributed by atoms with Crippen LogP contribution in [0.2, 0.25) is 0 Å². The molecule has 0 saturated carbocycles. The molecule has 2 atom stereocenters. The summed E-state index contributed by atoms with van der Waals surface area (Å²) in [6.07, 6.45) is -2.55. The number of carbonyl (C=O) groups is 2. The number of aliphatic hydroxyl groups excluding tert-OH is 2. The molecule has 126 valence electrons. The van der Waals surface area contributed by atoms with E-state index in [4.69, 9.17) is 0 Å². The van der Waals surface area contributed by atoms with Gasteiger partial charge in [0.15, 0.2) is 0 Å². The minimum atomic E-state index is -1.28. The van der Waals surface area contributed by atoms with E-state index in [1.165, 1.54) is 26.4 Å². The first kappa shape index (κ1) is 17.7. The van der Waals surface area contributed by atoms with E-state index in [2.05, 4.69) is 9.47 Å². The second-order valence-electron chi connectivity index (χ2n) is 5.12. The predicted octanol–water partition coefficient (Wildman–Crippen LogP) is 2.03. The molecule has 0 radical (unpaired) electrons. The number of hydrogen-bond donors (Lipinski definition) is 2. The van der Waals surface area contributed by atoms with Crippen LogP contribution in [-0.2, 0) is 9.47 Å². The van der Waals surface area contributed by atoms with Gasteiger partial charge in [-0.2, -0.15) is 0 Å².